The maximum Gasteiger partial charge on any atom is 0.273 e. The Hall–Kier alpha value is -2.53. The van der Waals surface area contributed by atoms with Crippen molar-refractivity contribution in [1.29, 1.82) is 0 Å². The predicted octanol–water partition coefficient (Wildman–Crippen LogP) is 5.08. The van der Waals surface area contributed by atoms with Crippen molar-refractivity contribution in [2.75, 3.05) is 12.4 Å². The quantitative estimate of drug-likeness (QED) is 0.473. The number of rotatable bonds is 3. The molecule has 0 unspecified atom stereocenters. The van der Waals surface area contributed by atoms with Gasteiger partial charge in [0.2, 0.25) is 0 Å². The average Bonchev–Trinajstić information content (AvgIpc) is 3.10. The molecule has 1 aliphatic heterocycles. The first kappa shape index (κ1) is 16.0. The Labute approximate surface area is 150 Å². The van der Waals surface area contributed by atoms with Gasteiger partial charge in [0.25, 0.3) is 5.69 Å². The zero-order valence-electron chi connectivity index (χ0n) is 13.6. The minimum absolute atomic E-state index is 0.0568. The third-order valence-electron chi connectivity index (χ3n) is 5.08. The Bertz CT molecular complexity index is 864. The Balaban J connectivity index is 1.84. The van der Waals surface area contributed by atoms with Gasteiger partial charge in [-0.3, -0.25) is 10.1 Å². The summed E-state index contributed by atoms with van der Waals surface area (Å²) in [6, 6.07) is 11.1. The van der Waals surface area contributed by atoms with E-state index in [1.807, 2.05) is 24.3 Å². The fraction of sp³-hybridized carbons (Fsp3) is 0.263. The summed E-state index contributed by atoms with van der Waals surface area (Å²) < 4.78 is 5.44. The second-order valence-electron chi connectivity index (χ2n) is 6.40. The molecule has 25 heavy (non-hydrogen) atoms. The first-order valence-electron chi connectivity index (χ1n) is 8.13. The molecule has 3 atom stereocenters. The molecule has 2 aliphatic rings. The number of allylic oxidation sites excluding steroid dienone is 2. The maximum absolute atomic E-state index is 11.3. The number of halogens is 1. The molecule has 0 saturated carbocycles. The van der Waals surface area contributed by atoms with Crippen LogP contribution in [-0.2, 0) is 0 Å². The molecular weight excluding hydrogens is 340 g/mol. The van der Waals surface area contributed by atoms with E-state index in [-0.39, 0.29) is 22.6 Å². The first-order valence-corrected chi connectivity index (χ1v) is 8.51. The molecule has 5 nitrogen and oxygen atoms in total. The summed E-state index contributed by atoms with van der Waals surface area (Å²) in [7, 11) is 1.54. The van der Waals surface area contributed by atoms with E-state index >= 15 is 0 Å². The molecular formula is C19H17ClN2O3. The molecule has 1 heterocycles. The van der Waals surface area contributed by atoms with Gasteiger partial charge in [-0.2, -0.15) is 0 Å². The Morgan fingerprint density at radius 3 is 2.72 bits per heavy atom. The SMILES string of the molecule is COc1cc([N+](=O)[O-])cc2c1N[C@@H](c1ccc(Cl)cc1)[C@@H]1CC=C[C@@H]21. The van der Waals surface area contributed by atoms with Crippen LogP contribution < -0.4 is 10.1 Å². The van der Waals surface area contributed by atoms with Crippen molar-refractivity contribution in [3.63, 3.8) is 0 Å². The minimum atomic E-state index is -0.373. The van der Waals surface area contributed by atoms with E-state index in [1.54, 1.807) is 6.07 Å². The average molecular weight is 357 g/mol. The maximum atomic E-state index is 11.3. The van der Waals surface area contributed by atoms with E-state index in [0.29, 0.717) is 16.7 Å². The summed E-state index contributed by atoms with van der Waals surface area (Å²) in [5.74, 6) is 0.938. The lowest BCUT2D eigenvalue weighted by atomic mass is 9.76. The molecule has 1 aliphatic carbocycles. The van der Waals surface area contributed by atoms with Gasteiger partial charge in [-0.1, -0.05) is 35.9 Å². The zero-order chi connectivity index (χ0) is 17.6. The summed E-state index contributed by atoms with van der Waals surface area (Å²) in [6.07, 6.45) is 5.23. The fourth-order valence-electron chi connectivity index (χ4n) is 3.92. The molecule has 0 amide bonds. The number of hydrogen-bond donors (Lipinski definition) is 1. The number of non-ortho nitro benzene ring substituents is 1. The van der Waals surface area contributed by atoms with Gasteiger partial charge in [0.15, 0.2) is 0 Å². The van der Waals surface area contributed by atoms with Crippen LogP contribution >= 0.6 is 11.6 Å². The number of nitro groups is 1. The summed E-state index contributed by atoms with van der Waals surface area (Å²) in [5.41, 5.74) is 2.96. The number of nitro benzene ring substituents is 1. The molecule has 0 bridgehead atoms. The van der Waals surface area contributed by atoms with Gasteiger partial charge in [0.05, 0.1) is 29.8 Å². The van der Waals surface area contributed by atoms with Crippen molar-refractivity contribution >= 4 is 23.0 Å². The molecule has 0 fully saturated rings. The normalized spacial score (nSPS) is 23.5. The predicted molar refractivity (Wildman–Crippen MR) is 97.5 cm³/mol. The lowest BCUT2D eigenvalue weighted by molar-refractivity contribution is -0.385. The van der Waals surface area contributed by atoms with Crippen molar-refractivity contribution in [3.8, 4) is 5.75 Å². The van der Waals surface area contributed by atoms with Gasteiger partial charge in [-0.25, -0.2) is 0 Å². The number of anilines is 1. The van der Waals surface area contributed by atoms with E-state index in [0.717, 1.165) is 23.2 Å². The van der Waals surface area contributed by atoms with Crippen LogP contribution in [0.5, 0.6) is 5.75 Å². The number of ether oxygens (including phenoxy) is 1. The third kappa shape index (κ3) is 2.65. The van der Waals surface area contributed by atoms with Crippen LogP contribution in [0.2, 0.25) is 5.02 Å². The molecule has 2 aromatic rings. The highest BCUT2D eigenvalue weighted by Gasteiger charge is 2.40. The van der Waals surface area contributed by atoms with Crippen molar-refractivity contribution < 1.29 is 9.66 Å². The summed E-state index contributed by atoms with van der Waals surface area (Å²) in [4.78, 5) is 10.9. The van der Waals surface area contributed by atoms with Gasteiger partial charge in [0, 0.05) is 17.0 Å². The van der Waals surface area contributed by atoms with E-state index in [2.05, 4.69) is 17.5 Å². The summed E-state index contributed by atoms with van der Waals surface area (Å²) >= 11 is 6.02. The highest BCUT2D eigenvalue weighted by molar-refractivity contribution is 6.30. The van der Waals surface area contributed by atoms with Gasteiger partial charge in [-0.05, 0) is 35.6 Å². The monoisotopic (exact) mass is 356 g/mol. The molecule has 0 aromatic heterocycles. The second-order valence-corrected chi connectivity index (χ2v) is 6.83. The summed E-state index contributed by atoms with van der Waals surface area (Å²) in [5, 5.41) is 15.5. The number of nitrogens with zero attached hydrogens (tertiary/aromatic N) is 1. The number of hydrogen-bond acceptors (Lipinski definition) is 4. The molecule has 0 saturated heterocycles. The smallest absolute Gasteiger partial charge is 0.273 e. The second kappa shape index (κ2) is 6.08. The minimum Gasteiger partial charge on any atom is -0.494 e. The molecule has 128 valence electrons. The van der Waals surface area contributed by atoms with Crippen LogP contribution in [0.3, 0.4) is 0 Å². The third-order valence-corrected chi connectivity index (χ3v) is 5.33. The van der Waals surface area contributed by atoms with Crippen LogP contribution in [0.25, 0.3) is 0 Å². The van der Waals surface area contributed by atoms with Crippen molar-refractivity contribution in [2.24, 2.45) is 5.92 Å². The van der Waals surface area contributed by atoms with E-state index in [4.69, 9.17) is 16.3 Å². The van der Waals surface area contributed by atoms with Crippen molar-refractivity contribution in [1.82, 2.24) is 0 Å². The van der Waals surface area contributed by atoms with Crippen molar-refractivity contribution in [3.05, 3.63) is 74.8 Å². The highest BCUT2D eigenvalue weighted by atomic mass is 35.5. The van der Waals surface area contributed by atoms with Crippen LogP contribution in [0.4, 0.5) is 11.4 Å². The Morgan fingerprint density at radius 2 is 2.04 bits per heavy atom. The molecule has 6 heteroatoms. The lowest BCUT2D eigenvalue weighted by Crippen LogP contribution is -2.29. The zero-order valence-corrected chi connectivity index (χ0v) is 14.4. The first-order chi connectivity index (χ1) is 12.1. The molecule has 0 radical (unpaired) electrons. The lowest BCUT2D eigenvalue weighted by Gasteiger charge is -2.38. The van der Waals surface area contributed by atoms with Crippen LogP contribution in [0.1, 0.15) is 29.5 Å². The number of methoxy groups -OCH3 is 1. The Morgan fingerprint density at radius 1 is 1.28 bits per heavy atom. The summed E-state index contributed by atoms with van der Waals surface area (Å²) in [6.45, 7) is 0. The number of benzene rings is 2. The standard InChI is InChI=1S/C19H17ClN2O3/c1-25-17-10-13(22(23)24)9-16-14-3-2-4-15(14)18(21-19(16)17)11-5-7-12(20)8-6-11/h2-3,5-10,14-15,18,21H,4H2,1H3/t14-,15-,18+/m1/s1. The molecule has 1 N–H and O–H groups in total. The van der Waals surface area contributed by atoms with Gasteiger partial charge >= 0.3 is 0 Å². The largest absolute Gasteiger partial charge is 0.494 e. The van der Waals surface area contributed by atoms with E-state index in [9.17, 15) is 10.1 Å². The Kier molecular flexibility index (Phi) is 3.88. The van der Waals surface area contributed by atoms with Crippen molar-refractivity contribution in [2.45, 2.75) is 18.4 Å². The molecule has 4 rings (SSSR count). The molecule has 0 spiro atoms. The van der Waals surface area contributed by atoms with E-state index < -0.39 is 0 Å². The fourth-order valence-corrected chi connectivity index (χ4v) is 4.04. The van der Waals surface area contributed by atoms with Crippen LogP contribution in [-0.4, -0.2) is 12.0 Å². The van der Waals surface area contributed by atoms with E-state index in [1.165, 1.54) is 13.2 Å². The van der Waals surface area contributed by atoms with Crippen LogP contribution in [0, 0.1) is 16.0 Å². The van der Waals surface area contributed by atoms with Gasteiger partial charge in [0.1, 0.15) is 5.75 Å². The molecule has 2 aromatic carbocycles. The number of fused-ring (bicyclic) bond motifs is 3. The van der Waals surface area contributed by atoms with Gasteiger partial charge in [-0.15, -0.1) is 0 Å². The van der Waals surface area contributed by atoms with Gasteiger partial charge < -0.3 is 10.1 Å². The highest BCUT2D eigenvalue weighted by Crippen LogP contribution is 2.53. The number of nitrogens with one attached hydrogen (secondary N) is 1. The van der Waals surface area contributed by atoms with Crippen LogP contribution in [0.15, 0.2) is 48.6 Å². The topological polar surface area (TPSA) is 64.4 Å².